The predicted molar refractivity (Wildman–Crippen MR) is 75.8 cm³/mol. The van der Waals surface area contributed by atoms with E-state index in [4.69, 9.17) is 0 Å². The van der Waals surface area contributed by atoms with Gasteiger partial charge < -0.3 is 10.2 Å². The van der Waals surface area contributed by atoms with Gasteiger partial charge in [-0.15, -0.1) is 0 Å². The molecule has 18 heavy (non-hydrogen) atoms. The Kier molecular flexibility index (Phi) is 4.38. The number of phenolic OH excluding ortho intramolecular Hbond substituents is 1. The first-order valence-corrected chi connectivity index (χ1v) is 5.88. The minimum Gasteiger partial charge on any atom is -0.513 e. The summed E-state index contributed by atoms with van der Waals surface area (Å²) in [5.74, 6) is 0.514. The molecule has 0 aliphatic carbocycles. The third kappa shape index (κ3) is 3.27. The van der Waals surface area contributed by atoms with Crippen LogP contribution in [0.1, 0.15) is 26.3 Å². The van der Waals surface area contributed by atoms with Crippen LogP contribution in [0.15, 0.2) is 60.4 Å². The first-order chi connectivity index (χ1) is 8.37. The van der Waals surface area contributed by atoms with Gasteiger partial charge in [-0.05, 0) is 36.3 Å². The van der Waals surface area contributed by atoms with E-state index in [2.05, 4.69) is 20.4 Å². The molecule has 0 saturated heterocycles. The Balaban J connectivity index is 3.18. The van der Waals surface area contributed by atoms with Crippen LogP contribution in [0.3, 0.4) is 0 Å². The molecule has 2 N–H and O–H groups in total. The van der Waals surface area contributed by atoms with E-state index in [0.29, 0.717) is 0 Å². The molecule has 0 radical (unpaired) electrons. The smallest absolute Gasteiger partial charge is 0.115 e. The Labute approximate surface area is 109 Å². The summed E-state index contributed by atoms with van der Waals surface area (Å²) in [5.41, 5.74) is 1.85. The van der Waals surface area contributed by atoms with Crippen molar-refractivity contribution in [2.45, 2.75) is 26.2 Å². The van der Waals surface area contributed by atoms with Gasteiger partial charge in [0.05, 0.1) is 5.76 Å². The Bertz CT molecular complexity index is 472. The molecule has 0 amide bonds. The van der Waals surface area contributed by atoms with Crippen LogP contribution in [0.5, 0.6) is 5.75 Å². The van der Waals surface area contributed by atoms with Gasteiger partial charge in [0.2, 0.25) is 0 Å². The highest BCUT2D eigenvalue weighted by atomic mass is 16.3. The van der Waals surface area contributed by atoms with Crippen LogP contribution < -0.4 is 0 Å². The van der Waals surface area contributed by atoms with Crippen molar-refractivity contribution < 1.29 is 10.2 Å². The van der Waals surface area contributed by atoms with Crippen molar-refractivity contribution in [2.24, 2.45) is 0 Å². The zero-order valence-electron chi connectivity index (χ0n) is 11.1. The molecule has 1 aromatic carbocycles. The zero-order valence-corrected chi connectivity index (χ0v) is 11.1. The summed E-state index contributed by atoms with van der Waals surface area (Å²) in [6.07, 6.45) is 5.29. The molecule has 0 bridgehead atoms. The van der Waals surface area contributed by atoms with Gasteiger partial charge in [0, 0.05) is 5.41 Å². The van der Waals surface area contributed by atoms with Crippen molar-refractivity contribution in [3.8, 4) is 5.75 Å². The molecule has 0 fully saturated rings. The van der Waals surface area contributed by atoms with E-state index >= 15 is 0 Å². The normalized spacial score (nSPS) is 13.5. The number of benzene rings is 1. The van der Waals surface area contributed by atoms with Gasteiger partial charge in [0.15, 0.2) is 0 Å². The van der Waals surface area contributed by atoms with E-state index in [-0.39, 0.29) is 16.9 Å². The summed E-state index contributed by atoms with van der Waals surface area (Å²) in [6.45, 7) is 9.60. The first kappa shape index (κ1) is 14.1. The molecule has 0 aliphatic rings. The second kappa shape index (κ2) is 5.58. The van der Waals surface area contributed by atoms with Crippen molar-refractivity contribution in [2.75, 3.05) is 0 Å². The highest BCUT2D eigenvalue weighted by Gasteiger charge is 2.23. The van der Waals surface area contributed by atoms with Crippen molar-refractivity contribution >= 4 is 0 Å². The minimum atomic E-state index is -0.235. The number of aromatic hydroxyl groups is 1. The largest absolute Gasteiger partial charge is 0.513 e. The Morgan fingerprint density at radius 1 is 1.17 bits per heavy atom. The predicted octanol–water partition coefficient (Wildman–Crippen LogP) is 4.24. The molecule has 96 valence electrons. The maximum atomic E-state index is 9.32. The Morgan fingerprint density at radius 3 is 2.17 bits per heavy atom. The molecule has 1 rings (SSSR count). The van der Waals surface area contributed by atoms with E-state index in [1.165, 1.54) is 0 Å². The molecule has 0 unspecified atom stereocenters. The average molecular weight is 244 g/mol. The highest BCUT2D eigenvalue weighted by Crippen LogP contribution is 2.33. The molecule has 0 atom stereocenters. The van der Waals surface area contributed by atoms with Gasteiger partial charge in [-0.1, -0.05) is 44.7 Å². The molecule has 0 aromatic heterocycles. The number of phenols is 1. The fourth-order valence-electron chi connectivity index (χ4n) is 1.79. The van der Waals surface area contributed by atoms with Crippen molar-refractivity contribution in [1.82, 2.24) is 0 Å². The van der Waals surface area contributed by atoms with Crippen LogP contribution in [-0.4, -0.2) is 10.2 Å². The molecule has 0 heterocycles. The van der Waals surface area contributed by atoms with Crippen molar-refractivity contribution in [1.29, 1.82) is 0 Å². The second-order valence-corrected chi connectivity index (χ2v) is 4.81. The molecule has 0 saturated carbocycles. The van der Waals surface area contributed by atoms with Gasteiger partial charge in [0.25, 0.3) is 0 Å². The van der Waals surface area contributed by atoms with E-state index in [1.807, 2.05) is 18.2 Å². The molecule has 0 aliphatic heterocycles. The lowest BCUT2D eigenvalue weighted by atomic mass is 9.77. The third-order valence-corrected chi connectivity index (χ3v) is 3.03. The van der Waals surface area contributed by atoms with Gasteiger partial charge in [-0.25, -0.2) is 0 Å². The molecular formula is C16H20O2. The molecule has 1 aromatic rings. The number of allylic oxidation sites excluding steroid dienone is 5. The summed E-state index contributed by atoms with van der Waals surface area (Å²) >= 11 is 0. The van der Waals surface area contributed by atoms with Crippen LogP contribution >= 0.6 is 0 Å². The lowest BCUT2D eigenvalue weighted by molar-refractivity contribution is 0.414. The Hall–Kier alpha value is -1.96. The maximum absolute atomic E-state index is 9.32. The highest BCUT2D eigenvalue weighted by molar-refractivity contribution is 5.42. The zero-order chi connectivity index (χ0) is 13.8. The molecule has 0 spiro atoms. The standard InChI is InChI=1S/C16H20O2/c1-5-13(7-6-12(2)17)16(3,4)14-8-10-15(18)11-9-14/h5-11,17-18H,1H2,2-4H3/b12-6+,13-7+. The number of aliphatic hydroxyl groups is 1. The van der Waals surface area contributed by atoms with Gasteiger partial charge >= 0.3 is 0 Å². The monoisotopic (exact) mass is 244 g/mol. The summed E-state index contributed by atoms with van der Waals surface area (Å²) in [4.78, 5) is 0. The van der Waals surface area contributed by atoms with Crippen LogP contribution in [-0.2, 0) is 5.41 Å². The Morgan fingerprint density at radius 2 is 1.72 bits per heavy atom. The average Bonchev–Trinajstić information content (AvgIpc) is 2.29. The first-order valence-electron chi connectivity index (χ1n) is 5.88. The quantitative estimate of drug-likeness (QED) is 0.614. The lowest BCUT2D eigenvalue weighted by Gasteiger charge is -2.27. The van der Waals surface area contributed by atoms with E-state index in [0.717, 1.165) is 11.1 Å². The SMILES string of the molecule is C=C/C(=C\C=C(/C)O)C(C)(C)c1ccc(O)cc1. The third-order valence-electron chi connectivity index (χ3n) is 3.03. The van der Waals surface area contributed by atoms with E-state index < -0.39 is 0 Å². The number of hydrogen-bond acceptors (Lipinski definition) is 2. The van der Waals surface area contributed by atoms with Crippen molar-refractivity contribution in [3.05, 3.63) is 66.0 Å². The summed E-state index contributed by atoms with van der Waals surface area (Å²) in [6, 6.07) is 7.13. The maximum Gasteiger partial charge on any atom is 0.115 e. The fourth-order valence-corrected chi connectivity index (χ4v) is 1.79. The number of hydrogen-bond donors (Lipinski definition) is 2. The van der Waals surface area contributed by atoms with Crippen LogP contribution in [0, 0.1) is 0 Å². The molecule has 2 heteroatoms. The van der Waals surface area contributed by atoms with Gasteiger partial charge in [-0.3, -0.25) is 0 Å². The van der Waals surface area contributed by atoms with E-state index in [9.17, 15) is 10.2 Å². The summed E-state index contributed by atoms with van der Waals surface area (Å²) < 4.78 is 0. The fraction of sp³-hybridized carbons (Fsp3) is 0.250. The van der Waals surface area contributed by atoms with Crippen LogP contribution in [0.25, 0.3) is 0 Å². The van der Waals surface area contributed by atoms with Crippen molar-refractivity contribution in [3.63, 3.8) is 0 Å². The lowest BCUT2D eigenvalue weighted by Crippen LogP contribution is -2.19. The van der Waals surface area contributed by atoms with Gasteiger partial charge in [0.1, 0.15) is 5.75 Å². The summed E-state index contributed by atoms with van der Waals surface area (Å²) in [7, 11) is 0. The molecule has 2 nitrogen and oxygen atoms in total. The number of rotatable bonds is 4. The molecular weight excluding hydrogens is 224 g/mol. The minimum absolute atomic E-state index is 0.235. The topological polar surface area (TPSA) is 40.5 Å². The van der Waals surface area contributed by atoms with Crippen LogP contribution in [0.4, 0.5) is 0 Å². The van der Waals surface area contributed by atoms with E-state index in [1.54, 1.807) is 31.2 Å². The summed E-state index contributed by atoms with van der Waals surface area (Å²) in [5, 5.41) is 18.5. The number of aliphatic hydroxyl groups excluding tert-OH is 1. The van der Waals surface area contributed by atoms with Gasteiger partial charge in [-0.2, -0.15) is 0 Å². The second-order valence-electron chi connectivity index (χ2n) is 4.81. The van der Waals surface area contributed by atoms with Crippen LogP contribution in [0.2, 0.25) is 0 Å².